The molecule has 1 aliphatic rings. The van der Waals surface area contributed by atoms with Crippen LogP contribution in [0.2, 0.25) is 0 Å². The van der Waals surface area contributed by atoms with Gasteiger partial charge >= 0.3 is 6.03 Å². The molecular weight excluding hydrogens is 282 g/mol. The Morgan fingerprint density at radius 1 is 1.18 bits per heavy atom. The van der Waals surface area contributed by atoms with Crippen molar-refractivity contribution in [3.8, 4) is 5.75 Å². The van der Waals surface area contributed by atoms with E-state index < -0.39 is 0 Å². The Morgan fingerprint density at radius 3 is 2.50 bits per heavy atom. The smallest absolute Gasteiger partial charge is 0.317 e. The van der Waals surface area contributed by atoms with E-state index in [1.54, 1.807) is 12.0 Å². The van der Waals surface area contributed by atoms with Gasteiger partial charge in [0.25, 0.3) is 0 Å². The molecule has 0 aliphatic carbocycles. The Kier molecular flexibility index (Phi) is 5.63. The van der Waals surface area contributed by atoms with E-state index in [4.69, 9.17) is 4.74 Å². The third-order valence-corrected chi connectivity index (χ3v) is 3.74. The van der Waals surface area contributed by atoms with Gasteiger partial charge in [-0.2, -0.15) is 0 Å². The number of nitrogens with one attached hydrogen (secondary N) is 1. The van der Waals surface area contributed by atoms with E-state index >= 15 is 0 Å². The minimum atomic E-state index is -0.0533. The zero-order valence-corrected chi connectivity index (χ0v) is 13.2. The summed E-state index contributed by atoms with van der Waals surface area (Å²) in [5.41, 5.74) is 0.940. The van der Waals surface area contributed by atoms with Crippen molar-refractivity contribution >= 4 is 11.9 Å². The fraction of sp³-hybridized carbons (Fsp3) is 0.500. The number of methoxy groups -OCH3 is 1. The fourth-order valence-electron chi connectivity index (χ4n) is 2.49. The van der Waals surface area contributed by atoms with E-state index in [0.717, 1.165) is 11.3 Å². The normalized spacial score (nSPS) is 14.6. The van der Waals surface area contributed by atoms with Crippen molar-refractivity contribution in [2.45, 2.75) is 13.3 Å². The van der Waals surface area contributed by atoms with Gasteiger partial charge in [-0.25, -0.2) is 4.79 Å². The van der Waals surface area contributed by atoms with Gasteiger partial charge < -0.3 is 19.9 Å². The molecule has 0 atom stereocenters. The number of carbonyl (C=O) groups is 2. The summed E-state index contributed by atoms with van der Waals surface area (Å²) < 4.78 is 5.17. The molecule has 1 N–H and O–H groups in total. The Morgan fingerprint density at radius 2 is 1.86 bits per heavy atom. The number of hydrogen-bond donors (Lipinski definition) is 1. The lowest BCUT2D eigenvalue weighted by molar-refractivity contribution is -0.131. The molecule has 2 rings (SSSR count). The number of urea groups is 1. The van der Waals surface area contributed by atoms with Gasteiger partial charge in [0.15, 0.2) is 0 Å². The second kappa shape index (κ2) is 7.68. The van der Waals surface area contributed by atoms with Crippen LogP contribution in [0.1, 0.15) is 12.5 Å². The number of nitrogens with zero attached hydrogens (tertiary/aromatic N) is 2. The van der Waals surface area contributed by atoms with Gasteiger partial charge in [0.1, 0.15) is 5.75 Å². The Hall–Kier alpha value is -2.24. The summed E-state index contributed by atoms with van der Waals surface area (Å²) in [5, 5.41) is 2.78. The molecule has 1 heterocycles. The number of amides is 3. The van der Waals surface area contributed by atoms with Crippen LogP contribution < -0.4 is 10.1 Å². The largest absolute Gasteiger partial charge is 0.497 e. The molecule has 1 saturated heterocycles. The van der Waals surface area contributed by atoms with Crippen LogP contribution in [0.3, 0.4) is 0 Å². The van der Waals surface area contributed by atoms with Gasteiger partial charge in [-0.3, -0.25) is 4.79 Å². The molecule has 0 spiro atoms. The molecule has 0 unspecified atom stereocenters. The van der Waals surface area contributed by atoms with Gasteiger partial charge in [-0.1, -0.05) is 12.1 Å². The number of piperazine rings is 1. The predicted octanol–water partition coefficient (Wildman–Crippen LogP) is 1.11. The average Bonchev–Trinajstić information content (AvgIpc) is 2.55. The molecule has 0 bridgehead atoms. The number of benzene rings is 1. The minimum absolute atomic E-state index is 0.0533. The minimum Gasteiger partial charge on any atom is -0.497 e. The molecule has 1 aromatic carbocycles. The van der Waals surface area contributed by atoms with E-state index in [2.05, 4.69) is 5.32 Å². The Bertz CT molecular complexity index is 525. The zero-order chi connectivity index (χ0) is 15.9. The highest BCUT2D eigenvalue weighted by Crippen LogP contribution is 2.14. The van der Waals surface area contributed by atoms with Crippen molar-refractivity contribution in [3.63, 3.8) is 0 Å². The summed E-state index contributed by atoms with van der Waals surface area (Å²) in [5.74, 6) is 0.843. The second-order valence-electron chi connectivity index (χ2n) is 5.23. The lowest BCUT2D eigenvalue weighted by Crippen LogP contribution is -2.53. The molecule has 22 heavy (non-hydrogen) atoms. The lowest BCUT2D eigenvalue weighted by Gasteiger charge is -2.34. The van der Waals surface area contributed by atoms with Crippen LogP contribution in [0.25, 0.3) is 0 Å². The Balaban J connectivity index is 1.85. The molecule has 1 aromatic rings. The van der Waals surface area contributed by atoms with Crippen LogP contribution in [0.4, 0.5) is 4.79 Å². The van der Waals surface area contributed by atoms with Crippen molar-refractivity contribution in [1.29, 1.82) is 0 Å². The van der Waals surface area contributed by atoms with Crippen molar-refractivity contribution < 1.29 is 14.3 Å². The summed E-state index contributed by atoms with van der Waals surface area (Å²) in [6.45, 7) is 4.84. The van der Waals surface area contributed by atoms with E-state index in [1.807, 2.05) is 36.1 Å². The zero-order valence-electron chi connectivity index (χ0n) is 13.2. The molecule has 6 heteroatoms. The fourth-order valence-corrected chi connectivity index (χ4v) is 2.49. The maximum atomic E-state index is 12.3. The molecule has 1 fully saturated rings. The highest BCUT2D eigenvalue weighted by Gasteiger charge is 2.23. The summed E-state index contributed by atoms with van der Waals surface area (Å²) in [4.78, 5) is 27.6. The van der Waals surface area contributed by atoms with Crippen LogP contribution in [-0.2, 0) is 11.2 Å². The van der Waals surface area contributed by atoms with Crippen LogP contribution in [-0.4, -0.2) is 61.6 Å². The monoisotopic (exact) mass is 305 g/mol. The number of ether oxygens (including phenoxy) is 1. The average molecular weight is 305 g/mol. The summed E-state index contributed by atoms with van der Waals surface area (Å²) in [6, 6.07) is 7.49. The van der Waals surface area contributed by atoms with Crippen LogP contribution in [0, 0.1) is 0 Å². The first-order valence-corrected chi connectivity index (χ1v) is 7.57. The van der Waals surface area contributed by atoms with Crippen molar-refractivity contribution in [2.75, 3.05) is 39.8 Å². The molecular formula is C16H23N3O3. The molecule has 1 aliphatic heterocycles. The van der Waals surface area contributed by atoms with E-state index in [9.17, 15) is 9.59 Å². The molecule has 0 aromatic heterocycles. The second-order valence-corrected chi connectivity index (χ2v) is 5.23. The summed E-state index contributed by atoms with van der Waals surface area (Å²) in [6.07, 6.45) is 0.359. The number of rotatable bonds is 4. The Labute approximate surface area is 131 Å². The maximum Gasteiger partial charge on any atom is 0.317 e. The van der Waals surface area contributed by atoms with Crippen molar-refractivity contribution in [1.82, 2.24) is 15.1 Å². The first-order chi connectivity index (χ1) is 10.6. The first-order valence-electron chi connectivity index (χ1n) is 7.57. The van der Waals surface area contributed by atoms with Crippen LogP contribution >= 0.6 is 0 Å². The SMILES string of the molecule is CCNC(=O)N1CCN(C(=O)Cc2cccc(OC)c2)CC1. The van der Waals surface area contributed by atoms with Gasteiger partial charge in [0.05, 0.1) is 13.5 Å². The molecule has 0 radical (unpaired) electrons. The molecule has 6 nitrogen and oxygen atoms in total. The van der Waals surface area contributed by atoms with Crippen molar-refractivity contribution in [3.05, 3.63) is 29.8 Å². The maximum absolute atomic E-state index is 12.3. The van der Waals surface area contributed by atoms with Crippen LogP contribution in [0.15, 0.2) is 24.3 Å². The van der Waals surface area contributed by atoms with Gasteiger partial charge in [-0.05, 0) is 24.6 Å². The first kappa shape index (κ1) is 16.1. The van der Waals surface area contributed by atoms with E-state index in [0.29, 0.717) is 39.1 Å². The summed E-state index contributed by atoms with van der Waals surface area (Å²) >= 11 is 0. The lowest BCUT2D eigenvalue weighted by atomic mass is 10.1. The molecule has 120 valence electrons. The number of carbonyl (C=O) groups excluding carboxylic acids is 2. The van der Waals surface area contributed by atoms with Gasteiger partial charge in [0.2, 0.25) is 5.91 Å². The van der Waals surface area contributed by atoms with Gasteiger partial charge in [-0.15, -0.1) is 0 Å². The highest BCUT2D eigenvalue weighted by atomic mass is 16.5. The quantitative estimate of drug-likeness (QED) is 0.906. The summed E-state index contributed by atoms with van der Waals surface area (Å²) in [7, 11) is 1.61. The highest BCUT2D eigenvalue weighted by molar-refractivity contribution is 5.79. The predicted molar refractivity (Wildman–Crippen MR) is 83.9 cm³/mol. The van der Waals surface area contributed by atoms with Crippen LogP contribution in [0.5, 0.6) is 5.75 Å². The van der Waals surface area contributed by atoms with Gasteiger partial charge in [0, 0.05) is 32.7 Å². The standard InChI is InChI=1S/C16H23N3O3/c1-3-17-16(21)19-9-7-18(8-10-19)15(20)12-13-5-4-6-14(11-13)22-2/h4-6,11H,3,7-10,12H2,1-2H3,(H,17,21). The van der Waals surface area contributed by atoms with Crippen molar-refractivity contribution in [2.24, 2.45) is 0 Å². The van der Waals surface area contributed by atoms with E-state index in [1.165, 1.54) is 0 Å². The third-order valence-electron chi connectivity index (χ3n) is 3.74. The number of hydrogen-bond acceptors (Lipinski definition) is 3. The topological polar surface area (TPSA) is 61.9 Å². The molecule has 0 saturated carbocycles. The third kappa shape index (κ3) is 4.13. The molecule has 3 amide bonds. The van der Waals surface area contributed by atoms with E-state index in [-0.39, 0.29) is 11.9 Å².